The van der Waals surface area contributed by atoms with Gasteiger partial charge in [0.2, 0.25) is 0 Å². The van der Waals surface area contributed by atoms with Gasteiger partial charge in [-0.15, -0.1) is 0 Å². The average molecular weight is 289 g/mol. The van der Waals surface area contributed by atoms with E-state index in [1.165, 1.54) is 0 Å². The van der Waals surface area contributed by atoms with Crippen LogP contribution in [0.3, 0.4) is 0 Å². The quantitative estimate of drug-likeness (QED) is 0.664. The summed E-state index contributed by atoms with van der Waals surface area (Å²) >= 11 is 0. The van der Waals surface area contributed by atoms with E-state index in [9.17, 15) is 14.9 Å². The van der Waals surface area contributed by atoms with Crippen molar-refractivity contribution in [3.63, 3.8) is 0 Å². The van der Waals surface area contributed by atoms with Crippen molar-refractivity contribution in [2.45, 2.75) is 32.4 Å². The van der Waals surface area contributed by atoms with Gasteiger partial charge >= 0.3 is 0 Å². The first-order chi connectivity index (χ1) is 10.0. The van der Waals surface area contributed by atoms with E-state index >= 15 is 0 Å². The molecule has 1 N–H and O–H groups in total. The fourth-order valence-electron chi connectivity index (χ4n) is 3.73. The van der Waals surface area contributed by atoms with Crippen molar-refractivity contribution in [1.29, 1.82) is 0 Å². The molecule has 1 aromatic carbocycles. The normalized spacial score (nSPS) is 27.7. The fraction of sp³-hybridized carbons (Fsp3) is 0.533. The van der Waals surface area contributed by atoms with Crippen molar-refractivity contribution in [2.24, 2.45) is 5.92 Å². The molecule has 6 heteroatoms. The van der Waals surface area contributed by atoms with Crippen LogP contribution in [-0.4, -0.2) is 40.9 Å². The Morgan fingerprint density at radius 1 is 1.43 bits per heavy atom. The highest BCUT2D eigenvalue weighted by Gasteiger charge is 2.45. The average Bonchev–Trinajstić information content (AvgIpc) is 2.96. The Morgan fingerprint density at radius 3 is 2.90 bits per heavy atom. The monoisotopic (exact) mass is 289 g/mol. The highest BCUT2D eigenvalue weighted by Crippen LogP contribution is 2.35. The molecule has 0 bridgehead atoms. The first-order valence-electron chi connectivity index (χ1n) is 7.28. The lowest BCUT2D eigenvalue weighted by molar-refractivity contribution is -0.385. The number of likely N-dealkylation sites (tertiary alicyclic amines) is 1. The molecular formula is C15H19N3O3. The Labute approximate surface area is 123 Å². The summed E-state index contributed by atoms with van der Waals surface area (Å²) in [6.45, 7) is 5.40. The number of carbonyl (C=O) groups is 1. The molecule has 2 aliphatic heterocycles. The number of nitro benzene ring substituents is 1. The van der Waals surface area contributed by atoms with Crippen molar-refractivity contribution >= 4 is 11.6 Å². The number of aryl methyl sites for hydroxylation is 1. The molecule has 0 aromatic heterocycles. The molecular weight excluding hydrogens is 270 g/mol. The van der Waals surface area contributed by atoms with Gasteiger partial charge in [0.25, 0.3) is 11.6 Å². The molecule has 112 valence electrons. The smallest absolute Gasteiger partial charge is 0.285 e. The predicted molar refractivity (Wildman–Crippen MR) is 78.2 cm³/mol. The van der Waals surface area contributed by atoms with Gasteiger partial charge in [0.1, 0.15) is 5.56 Å². The molecule has 0 aliphatic carbocycles. The fourth-order valence-corrected chi connectivity index (χ4v) is 3.73. The van der Waals surface area contributed by atoms with Crippen molar-refractivity contribution in [3.05, 3.63) is 39.4 Å². The maximum absolute atomic E-state index is 12.9. The van der Waals surface area contributed by atoms with E-state index in [4.69, 9.17) is 0 Å². The number of nitrogens with zero attached hydrogens (tertiary/aromatic N) is 2. The van der Waals surface area contributed by atoms with Crippen LogP contribution in [-0.2, 0) is 0 Å². The lowest BCUT2D eigenvalue weighted by atomic mass is 10.0. The SMILES string of the molecule is Cc1cccc(C(=O)N2C(C)CC3CNCC32)c1[N+](=O)[O-]. The molecule has 0 saturated carbocycles. The highest BCUT2D eigenvalue weighted by atomic mass is 16.6. The van der Waals surface area contributed by atoms with Crippen LogP contribution >= 0.6 is 0 Å². The van der Waals surface area contributed by atoms with Gasteiger partial charge in [0, 0.05) is 30.7 Å². The van der Waals surface area contributed by atoms with Crippen molar-refractivity contribution in [3.8, 4) is 0 Å². The second kappa shape index (κ2) is 5.11. The minimum Gasteiger partial charge on any atom is -0.331 e. The van der Waals surface area contributed by atoms with Gasteiger partial charge < -0.3 is 10.2 Å². The van der Waals surface area contributed by atoms with Gasteiger partial charge in [-0.1, -0.05) is 12.1 Å². The Kier molecular flexibility index (Phi) is 3.41. The van der Waals surface area contributed by atoms with Crippen LogP contribution in [0.5, 0.6) is 0 Å². The van der Waals surface area contributed by atoms with Gasteiger partial charge in [-0.2, -0.15) is 0 Å². The third-order valence-electron chi connectivity index (χ3n) is 4.67. The first kappa shape index (κ1) is 14.0. The zero-order chi connectivity index (χ0) is 15.1. The second-order valence-electron chi connectivity index (χ2n) is 6.01. The van der Waals surface area contributed by atoms with E-state index in [2.05, 4.69) is 5.32 Å². The van der Waals surface area contributed by atoms with Crippen molar-refractivity contribution in [2.75, 3.05) is 13.1 Å². The largest absolute Gasteiger partial charge is 0.331 e. The minimum absolute atomic E-state index is 0.0656. The van der Waals surface area contributed by atoms with Crippen LogP contribution in [0.1, 0.15) is 29.3 Å². The molecule has 1 amide bonds. The van der Waals surface area contributed by atoms with E-state index < -0.39 is 4.92 Å². The zero-order valence-electron chi connectivity index (χ0n) is 12.2. The second-order valence-corrected chi connectivity index (χ2v) is 6.01. The van der Waals surface area contributed by atoms with E-state index in [0.717, 1.165) is 19.5 Å². The van der Waals surface area contributed by atoms with Crippen LogP contribution in [0, 0.1) is 23.0 Å². The van der Waals surface area contributed by atoms with E-state index in [1.807, 2.05) is 11.8 Å². The summed E-state index contributed by atoms with van der Waals surface area (Å²) in [5.41, 5.74) is 0.669. The number of carbonyl (C=O) groups excluding carboxylic acids is 1. The molecule has 21 heavy (non-hydrogen) atoms. The Bertz CT molecular complexity index is 602. The Morgan fingerprint density at radius 2 is 2.19 bits per heavy atom. The molecule has 2 saturated heterocycles. The highest BCUT2D eigenvalue weighted by molar-refractivity contribution is 5.99. The number of fused-ring (bicyclic) bond motifs is 1. The molecule has 2 aliphatic rings. The molecule has 1 aromatic rings. The maximum atomic E-state index is 12.9. The molecule has 6 nitrogen and oxygen atoms in total. The summed E-state index contributed by atoms with van der Waals surface area (Å²) in [4.78, 5) is 25.6. The molecule has 3 atom stereocenters. The third-order valence-corrected chi connectivity index (χ3v) is 4.67. The number of rotatable bonds is 2. The molecule has 0 spiro atoms. The molecule has 3 rings (SSSR count). The third kappa shape index (κ3) is 2.19. The summed E-state index contributed by atoms with van der Waals surface area (Å²) in [5, 5.41) is 14.6. The lowest BCUT2D eigenvalue weighted by Gasteiger charge is -2.27. The molecule has 2 fully saturated rings. The number of amides is 1. The topological polar surface area (TPSA) is 75.5 Å². The standard InChI is InChI=1S/C15H19N3O3/c1-9-4-3-5-12(14(9)18(20)21)15(19)17-10(2)6-11-7-16-8-13(11)17/h3-5,10-11,13,16H,6-8H2,1-2H3. The van der Waals surface area contributed by atoms with Crippen LogP contribution < -0.4 is 5.32 Å². The van der Waals surface area contributed by atoms with E-state index in [-0.39, 0.29) is 29.2 Å². The number of nitrogens with one attached hydrogen (secondary N) is 1. The summed E-state index contributed by atoms with van der Waals surface area (Å²) < 4.78 is 0. The minimum atomic E-state index is -0.451. The number of hydrogen-bond acceptors (Lipinski definition) is 4. The van der Waals surface area contributed by atoms with Crippen LogP contribution in [0.15, 0.2) is 18.2 Å². The summed E-state index contributed by atoms with van der Waals surface area (Å²) in [5.74, 6) is 0.252. The number of nitro groups is 1. The number of para-hydroxylation sites is 1. The van der Waals surface area contributed by atoms with E-state index in [1.54, 1.807) is 25.1 Å². The van der Waals surface area contributed by atoms with Gasteiger partial charge in [-0.3, -0.25) is 14.9 Å². The van der Waals surface area contributed by atoms with Gasteiger partial charge in [-0.05, 0) is 32.3 Å². The Hall–Kier alpha value is -1.95. The van der Waals surface area contributed by atoms with Crippen molar-refractivity contribution in [1.82, 2.24) is 10.2 Å². The van der Waals surface area contributed by atoms with E-state index in [0.29, 0.717) is 11.5 Å². The number of hydrogen-bond donors (Lipinski definition) is 1. The lowest BCUT2D eigenvalue weighted by Crippen LogP contribution is -2.43. The molecule has 0 radical (unpaired) electrons. The van der Waals surface area contributed by atoms with Crippen LogP contribution in [0.25, 0.3) is 0 Å². The van der Waals surface area contributed by atoms with Crippen LogP contribution in [0.2, 0.25) is 0 Å². The van der Waals surface area contributed by atoms with Gasteiger partial charge in [0.15, 0.2) is 0 Å². The summed E-state index contributed by atoms with van der Waals surface area (Å²) in [6.07, 6.45) is 0.961. The molecule has 3 unspecified atom stereocenters. The van der Waals surface area contributed by atoms with Crippen molar-refractivity contribution < 1.29 is 9.72 Å². The molecule has 2 heterocycles. The van der Waals surface area contributed by atoms with Crippen LogP contribution in [0.4, 0.5) is 5.69 Å². The Balaban J connectivity index is 1.99. The zero-order valence-corrected chi connectivity index (χ0v) is 12.2. The number of benzene rings is 1. The predicted octanol–water partition coefficient (Wildman–Crippen LogP) is 1.73. The summed E-state index contributed by atoms with van der Waals surface area (Å²) in [7, 11) is 0. The maximum Gasteiger partial charge on any atom is 0.285 e. The summed E-state index contributed by atoms with van der Waals surface area (Å²) in [6, 6.07) is 5.24. The van der Waals surface area contributed by atoms with Gasteiger partial charge in [-0.25, -0.2) is 0 Å². The first-order valence-corrected chi connectivity index (χ1v) is 7.28. The van der Waals surface area contributed by atoms with Gasteiger partial charge in [0.05, 0.1) is 4.92 Å².